The Bertz CT molecular complexity index is 781. The van der Waals surface area contributed by atoms with Gasteiger partial charge in [-0.3, -0.25) is 5.41 Å². The number of benzene rings is 1. The molecule has 2 aromatic rings. The largest absolute Gasteiger partial charge is 0.510 e. The van der Waals surface area contributed by atoms with Gasteiger partial charge in [-0.1, -0.05) is 13.0 Å². The van der Waals surface area contributed by atoms with Gasteiger partial charge in [0, 0.05) is 11.1 Å². The van der Waals surface area contributed by atoms with Gasteiger partial charge in [0.15, 0.2) is 0 Å². The van der Waals surface area contributed by atoms with Crippen LogP contribution in [0.25, 0.3) is 5.57 Å². The molecule has 0 aliphatic carbocycles. The molecule has 0 atom stereocenters. The second kappa shape index (κ2) is 5.53. The molecule has 0 saturated carbocycles. The number of aryl methyl sites for hydroxylation is 2. The lowest BCUT2D eigenvalue weighted by atomic mass is 10.2. The number of hydrogen-bond acceptors (Lipinski definition) is 4. The van der Waals surface area contributed by atoms with Gasteiger partial charge < -0.3 is 10.0 Å². The molecular formula is C16H16FN3OS. The van der Waals surface area contributed by atoms with Gasteiger partial charge in [-0.15, -0.1) is 11.3 Å². The van der Waals surface area contributed by atoms with Gasteiger partial charge in [0.25, 0.3) is 0 Å². The van der Waals surface area contributed by atoms with E-state index >= 15 is 0 Å². The van der Waals surface area contributed by atoms with E-state index < -0.39 is 0 Å². The molecule has 1 aliphatic heterocycles. The average molecular weight is 317 g/mol. The molecular weight excluding hydrogens is 301 g/mol. The van der Waals surface area contributed by atoms with Crippen molar-refractivity contribution in [3.63, 3.8) is 0 Å². The first-order valence-electron chi connectivity index (χ1n) is 7.00. The highest BCUT2D eigenvalue weighted by Gasteiger charge is 2.31. The van der Waals surface area contributed by atoms with Crippen molar-refractivity contribution in [2.45, 2.75) is 20.3 Å². The molecule has 2 heterocycles. The highest BCUT2D eigenvalue weighted by Crippen LogP contribution is 2.33. The number of aromatic nitrogens is 1. The van der Waals surface area contributed by atoms with Crippen LogP contribution < -0.4 is 4.90 Å². The maximum absolute atomic E-state index is 13.7. The van der Waals surface area contributed by atoms with E-state index in [4.69, 9.17) is 5.41 Å². The highest BCUT2D eigenvalue weighted by atomic mass is 32.1. The molecule has 0 radical (unpaired) electrons. The predicted octanol–water partition coefficient (Wildman–Crippen LogP) is 3.92. The third-order valence-electron chi connectivity index (χ3n) is 3.70. The molecule has 1 aliphatic rings. The molecule has 0 spiro atoms. The number of rotatable bonds is 3. The first-order valence-corrected chi connectivity index (χ1v) is 7.88. The fourth-order valence-electron chi connectivity index (χ4n) is 2.36. The number of halogens is 1. The third-order valence-corrected chi connectivity index (χ3v) is 4.61. The van der Waals surface area contributed by atoms with Gasteiger partial charge in [-0.05, 0) is 31.0 Å². The van der Waals surface area contributed by atoms with Crippen LogP contribution in [0.4, 0.5) is 10.1 Å². The molecule has 0 saturated heterocycles. The molecule has 22 heavy (non-hydrogen) atoms. The summed E-state index contributed by atoms with van der Waals surface area (Å²) in [5, 5.41) is 21.1. The fourth-order valence-corrected chi connectivity index (χ4v) is 3.33. The van der Waals surface area contributed by atoms with Crippen LogP contribution in [-0.4, -0.2) is 22.5 Å². The number of nitrogens with zero attached hydrogens (tertiary/aromatic N) is 2. The first-order chi connectivity index (χ1) is 10.5. The van der Waals surface area contributed by atoms with Gasteiger partial charge in [0.1, 0.15) is 22.4 Å². The van der Waals surface area contributed by atoms with Crippen LogP contribution in [0.3, 0.4) is 0 Å². The van der Waals surface area contributed by atoms with Gasteiger partial charge >= 0.3 is 0 Å². The summed E-state index contributed by atoms with van der Waals surface area (Å²) < 4.78 is 13.7. The summed E-state index contributed by atoms with van der Waals surface area (Å²) in [4.78, 5) is 6.01. The number of aliphatic hydroxyl groups excluding tert-OH is 1. The van der Waals surface area contributed by atoms with Crippen molar-refractivity contribution in [1.82, 2.24) is 4.98 Å². The Hall–Kier alpha value is -2.21. The Balaban J connectivity index is 1.93. The zero-order valence-corrected chi connectivity index (χ0v) is 13.2. The summed E-state index contributed by atoms with van der Waals surface area (Å²) >= 11 is 1.41. The first kappa shape index (κ1) is 14.7. The van der Waals surface area contributed by atoms with Crippen LogP contribution in [0.1, 0.15) is 23.2 Å². The molecule has 0 bridgehead atoms. The minimum atomic E-state index is -0.319. The summed E-state index contributed by atoms with van der Waals surface area (Å²) in [5.41, 5.74) is 2.49. The minimum absolute atomic E-state index is 0.1000. The van der Waals surface area contributed by atoms with Crippen molar-refractivity contribution in [1.29, 1.82) is 5.41 Å². The zero-order chi connectivity index (χ0) is 15.9. The van der Waals surface area contributed by atoms with E-state index in [1.54, 1.807) is 24.0 Å². The molecule has 4 nitrogen and oxygen atoms in total. The second-order valence-electron chi connectivity index (χ2n) is 5.19. The van der Waals surface area contributed by atoms with E-state index in [9.17, 15) is 9.50 Å². The lowest BCUT2D eigenvalue weighted by molar-refractivity contribution is 0.411. The van der Waals surface area contributed by atoms with Crippen LogP contribution in [0.5, 0.6) is 0 Å². The monoisotopic (exact) mass is 317 g/mol. The molecule has 0 unspecified atom stereocenters. The summed E-state index contributed by atoms with van der Waals surface area (Å²) in [6.45, 7) is 3.86. The van der Waals surface area contributed by atoms with E-state index in [0.717, 1.165) is 12.1 Å². The smallest absolute Gasteiger partial charge is 0.139 e. The van der Waals surface area contributed by atoms with Crippen molar-refractivity contribution in [3.8, 4) is 0 Å². The Labute approximate surface area is 132 Å². The number of amidine groups is 1. The van der Waals surface area contributed by atoms with Gasteiger partial charge in [0.2, 0.25) is 0 Å². The Morgan fingerprint density at radius 3 is 2.86 bits per heavy atom. The van der Waals surface area contributed by atoms with E-state index in [1.165, 1.54) is 17.4 Å². The molecule has 0 amide bonds. The van der Waals surface area contributed by atoms with Crippen molar-refractivity contribution < 1.29 is 9.50 Å². The summed E-state index contributed by atoms with van der Waals surface area (Å²) in [5.74, 6) is -0.0681. The Morgan fingerprint density at radius 1 is 1.45 bits per heavy atom. The van der Waals surface area contributed by atoms with Crippen LogP contribution in [-0.2, 0) is 6.42 Å². The van der Waals surface area contributed by atoms with Gasteiger partial charge in [0.05, 0.1) is 17.8 Å². The number of hydrogen-bond donors (Lipinski definition) is 2. The quantitative estimate of drug-likeness (QED) is 0.902. The molecule has 114 valence electrons. The lowest BCUT2D eigenvalue weighted by Gasteiger charge is -2.19. The molecule has 0 fully saturated rings. The van der Waals surface area contributed by atoms with Crippen molar-refractivity contribution in [3.05, 3.63) is 51.4 Å². The molecule has 3 rings (SSSR count). The number of thiazole rings is 1. The van der Waals surface area contributed by atoms with Crippen LogP contribution in [0.15, 0.2) is 29.3 Å². The number of nitrogens with one attached hydrogen (secondary N) is 1. The van der Waals surface area contributed by atoms with Gasteiger partial charge in [-0.25, -0.2) is 9.37 Å². The number of aliphatic hydroxyl groups is 1. The van der Waals surface area contributed by atoms with E-state index in [1.807, 2.05) is 12.3 Å². The Kier molecular flexibility index (Phi) is 3.70. The Morgan fingerprint density at radius 2 is 2.23 bits per heavy atom. The van der Waals surface area contributed by atoms with Crippen molar-refractivity contribution in [2.24, 2.45) is 0 Å². The van der Waals surface area contributed by atoms with Crippen LogP contribution in [0.2, 0.25) is 0 Å². The standard InChI is InChI=1S/C16H16FN3OS/c1-3-10-8-22-16(19-10)14-13(21)7-20(15(14)18)11-5-4-9(2)12(17)6-11/h4-6,8,18,21H,3,7H2,1-2H3. The topological polar surface area (TPSA) is 60.2 Å². The van der Waals surface area contributed by atoms with Crippen LogP contribution in [0, 0.1) is 18.2 Å². The molecule has 1 aromatic carbocycles. The summed E-state index contributed by atoms with van der Waals surface area (Å²) in [6, 6.07) is 4.81. The molecule has 1 aromatic heterocycles. The van der Waals surface area contributed by atoms with Crippen molar-refractivity contribution in [2.75, 3.05) is 11.4 Å². The predicted molar refractivity (Wildman–Crippen MR) is 87.3 cm³/mol. The van der Waals surface area contributed by atoms with Gasteiger partial charge in [-0.2, -0.15) is 0 Å². The SMILES string of the molecule is CCc1csc(C2=C(O)CN(c3ccc(C)c(F)c3)C2=N)n1. The molecule has 6 heteroatoms. The minimum Gasteiger partial charge on any atom is -0.510 e. The average Bonchev–Trinajstić information content (AvgIpc) is 3.06. The normalized spacial score (nSPS) is 15.0. The number of anilines is 1. The maximum Gasteiger partial charge on any atom is 0.139 e. The molecule has 2 N–H and O–H groups in total. The third kappa shape index (κ3) is 2.39. The highest BCUT2D eigenvalue weighted by molar-refractivity contribution is 7.11. The second-order valence-corrected chi connectivity index (χ2v) is 6.05. The zero-order valence-electron chi connectivity index (χ0n) is 12.4. The fraction of sp³-hybridized carbons (Fsp3) is 0.250. The summed E-state index contributed by atoms with van der Waals surface area (Å²) in [7, 11) is 0. The summed E-state index contributed by atoms with van der Waals surface area (Å²) in [6.07, 6.45) is 0.810. The van der Waals surface area contributed by atoms with Crippen LogP contribution >= 0.6 is 11.3 Å². The van der Waals surface area contributed by atoms with E-state index in [0.29, 0.717) is 21.8 Å². The van der Waals surface area contributed by atoms with E-state index in [-0.39, 0.29) is 24.0 Å². The lowest BCUT2D eigenvalue weighted by Crippen LogP contribution is -2.26. The van der Waals surface area contributed by atoms with E-state index in [2.05, 4.69) is 4.98 Å². The van der Waals surface area contributed by atoms with Crippen molar-refractivity contribution >= 4 is 28.4 Å². The maximum atomic E-state index is 13.7.